The van der Waals surface area contributed by atoms with Crippen LogP contribution in [0, 0.1) is 0 Å². The van der Waals surface area contributed by atoms with Crippen molar-refractivity contribution in [3.05, 3.63) is 17.9 Å². The minimum atomic E-state index is -3.28. The molecule has 10 heavy (non-hydrogen) atoms. The molecule has 54 valence electrons. The summed E-state index contributed by atoms with van der Waals surface area (Å²) >= 11 is 0. The zero-order chi connectivity index (χ0) is 7.19. The van der Waals surface area contributed by atoms with E-state index in [0.29, 0.717) is 12.1 Å². The largest absolute Gasteiger partial charge is 0.451 e. The van der Waals surface area contributed by atoms with Crippen molar-refractivity contribution in [3.8, 4) is 0 Å². The van der Waals surface area contributed by atoms with Gasteiger partial charge in [0.1, 0.15) is 0 Å². The van der Waals surface area contributed by atoms with Crippen LogP contribution in [-0.4, -0.2) is 8.42 Å². The zero-order valence-corrected chi connectivity index (χ0v) is 5.81. The Kier molecular flexibility index (Phi) is 0.959. The third-order valence-corrected chi connectivity index (χ3v) is 2.77. The van der Waals surface area contributed by atoms with Crippen LogP contribution in [0.3, 0.4) is 0 Å². The van der Waals surface area contributed by atoms with E-state index in [-0.39, 0.29) is 5.09 Å². The first-order valence-electron chi connectivity index (χ1n) is 2.76. The maximum atomic E-state index is 10.9. The minimum Gasteiger partial charge on any atom is -0.451 e. The second-order valence-corrected chi connectivity index (χ2v) is 3.72. The number of nitrogens with one attached hydrogen (secondary N) is 1. The number of fused-ring (bicyclic) bond motifs is 1. The van der Waals surface area contributed by atoms with E-state index in [1.165, 1.54) is 6.26 Å². The van der Waals surface area contributed by atoms with Crippen molar-refractivity contribution in [1.29, 1.82) is 0 Å². The molecule has 1 aromatic heterocycles. The summed E-state index contributed by atoms with van der Waals surface area (Å²) in [5.74, 6) is 0. The standard InChI is InChI=1S/C5H5NO3S/c7-10(8)5-4(3-6-10)1-2-9-5/h1-2,6H,3H2. The summed E-state index contributed by atoms with van der Waals surface area (Å²) in [5.41, 5.74) is 0.708. The summed E-state index contributed by atoms with van der Waals surface area (Å²) in [6, 6.07) is 1.65. The van der Waals surface area contributed by atoms with E-state index < -0.39 is 10.0 Å². The molecule has 1 aromatic rings. The maximum absolute atomic E-state index is 10.9. The van der Waals surface area contributed by atoms with Gasteiger partial charge in [-0.05, 0) is 6.07 Å². The highest BCUT2D eigenvalue weighted by Gasteiger charge is 2.28. The molecule has 5 heteroatoms. The lowest BCUT2D eigenvalue weighted by atomic mass is 10.4. The fraction of sp³-hybridized carbons (Fsp3) is 0.200. The first-order valence-corrected chi connectivity index (χ1v) is 4.24. The number of rotatable bonds is 0. The monoisotopic (exact) mass is 159 g/mol. The van der Waals surface area contributed by atoms with Crippen LogP contribution in [0.2, 0.25) is 0 Å². The Morgan fingerprint density at radius 3 is 3.10 bits per heavy atom. The summed E-state index contributed by atoms with van der Waals surface area (Å²) in [7, 11) is -3.28. The van der Waals surface area contributed by atoms with Gasteiger partial charge in [0.15, 0.2) is 0 Å². The molecule has 2 heterocycles. The van der Waals surface area contributed by atoms with Crippen molar-refractivity contribution in [2.75, 3.05) is 0 Å². The Hall–Kier alpha value is -0.810. The average Bonchev–Trinajstić information content (AvgIpc) is 2.36. The van der Waals surface area contributed by atoms with Gasteiger partial charge in [-0.2, -0.15) is 0 Å². The van der Waals surface area contributed by atoms with Gasteiger partial charge >= 0.3 is 0 Å². The summed E-state index contributed by atoms with van der Waals surface area (Å²) in [6.07, 6.45) is 1.38. The first-order chi connectivity index (χ1) is 4.70. The van der Waals surface area contributed by atoms with Crippen LogP contribution in [0.1, 0.15) is 5.56 Å². The van der Waals surface area contributed by atoms with E-state index in [9.17, 15) is 8.42 Å². The molecule has 0 atom stereocenters. The zero-order valence-electron chi connectivity index (χ0n) is 4.99. The van der Waals surface area contributed by atoms with Crippen molar-refractivity contribution in [3.63, 3.8) is 0 Å². The van der Waals surface area contributed by atoms with Crippen molar-refractivity contribution in [2.45, 2.75) is 11.6 Å². The smallest absolute Gasteiger partial charge is 0.274 e. The Bertz CT molecular complexity index is 351. The van der Waals surface area contributed by atoms with Gasteiger partial charge in [-0.25, -0.2) is 13.1 Å². The third-order valence-electron chi connectivity index (χ3n) is 1.40. The minimum absolute atomic E-state index is 0.0625. The number of furan rings is 1. The van der Waals surface area contributed by atoms with Gasteiger partial charge in [-0.15, -0.1) is 0 Å². The summed E-state index contributed by atoms with van der Waals surface area (Å²) in [5, 5.41) is 0.0625. The molecule has 4 nitrogen and oxygen atoms in total. The summed E-state index contributed by atoms with van der Waals surface area (Å²) in [4.78, 5) is 0. The molecule has 0 aliphatic carbocycles. The van der Waals surface area contributed by atoms with Gasteiger partial charge in [0.05, 0.1) is 6.26 Å². The molecule has 0 amide bonds. The normalized spacial score (nSPS) is 20.8. The molecule has 0 spiro atoms. The highest BCUT2D eigenvalue weighted by Crippen LogP contribution is 2.22. The Balaban J connectivity index is 2.76. The highest BCUT2D eigenvalue weighted by molar-refractivity contribution is 7.89. The van der Waals surface area contributed by atoms with Gasteiger partial charge in [0.25, 0.3) is 10.0 Å². The lowest BCUT2D eigenvalue weighted by Gasteiger charge is -1.88. The number of hydrogen-bond acceptors (Lipinski definition) is 3. The topological polar surface area (TPSA) is 59.3 Å². The van der Waals surface area contributed by atoms with Gasteiger partial charge in [-0.3, -0.25) is 0 Å². The molecular formula is C5H5NO3S. The van der Waals surface area contributed by atoms with Crippen LogP contribution in [0.25, 0.3) is 0 Å². The predicted octanol–water partition coefficient (Wildman–Crippen LogP) is 0.0715. The highest BCUT2D eigenvalue weighted by atomic mass is 32.2. The molecule has 0 radical (unpaired) electrons. The SMILES string of the molecule is O=S1(=O)NCc2ccoc21. The van der Waals surface area contributed by atoms with E-state index in [4.69, 9.17) is 4.42 Å². The second-order valence-electron chi connectivity index (χ2n) is 2.06. The van der Waals surface area contributed by atoms with Crippen molar-refractivity contribution < 1.29 is 12.8 Å². The Labute approximate surface area is 57.9 Å². The van der Waals surface area contributed by atoms with Gasteiger partial charge in [-0.1, -0.05) is 0 Å². The van der Waals surface area contributed by atoms with Gasteiger partial charge in [0.2, 0.25) is 5.09 Å². The molecule has 1 aliphatic heterocycles. The molecule has 0 bridgehead atoms. The number of hydrogen-bond donors (Lipinski definition) is 1. The Morgan fingerprint density at radius 1 is 1.60 bits per heavy atom. The fourth-order valence-corrected chi connectivity index (χ4v) is 2.07. The third kappa shape index (κ3) is 0.614. The van der Waals surface area contributed by atoms with E-state index in [1.807, 2.05) is 0 Å². The van der Waals surface area contributed by atoms with Crippen LogP contribution in [0.15, 0.2) is 21.8 Å². The van der Waals surface area contributed by atoms with E-state index >= 15 is 0 Å². The van der Waals surface area contributed by atoms with Crippen LogP contribution >= 0.6 is 0 Å². The van der Waals surface area contributed by atoms with Crippen LogP contribution in [0.4, 0.5) is 0 Å². The van der Waals surface area contributed by atoms with Crippen molar-refractivity contribution in [2.24, 2.45) is 0 Å². The lowest BCUT2D eigenvalue weighted by molar-refractivity contribution is 0.451. The van der Waals surface area contributed by atoms with E-state index in [2.05, 4.69) is 4.72 Å². The molecule has 0 unspecified atom stereocenters. The van der Waals surface area contributed by atoms with Gasteiger partial charge in [0, 0.05) is 12.1 Å². The predicted molar refractivity (Wildman–Crippen MR) is 32.7 cm³/mol. The van der Waals surface area contributed by atoms with E-state index in [1.54, 1.807) is 6.07 Å². The van der Waals surface area contributed by atoms with Gasteiger partial charge < -0.3 is 4.42 Å². The first kappa shape index (κ1) is 5.94. The molecule has 0 fully saturated rings. The van der Waals surface area contributed by atoms with Crippen LogP contribution in [-0.2, 0) is 16.6 Å². The second kappa shape index (κ2) is 1.62. The maximum Gasteiger partial charge on any atom is 0.274 e. The van der Waals surface area contributed by atoms with Crippen molar-refractivity contribution >= 4 is 10.0 Å². The molecule has 1 aliphatic rings. The van der Waals surface area contributed by atoms with Crippen molar-refractivity contribution in [1.82, 2.24) is 4.72 Å². The molecular weight excluding hydrogens is 154 g/mol. The molecule has 0 saturated carbocycles. The van der Waals surface area contributed by atoms with E-state index in [0.717, 1.165) is 0 Å². The van der Waals surface area contributed by atoms with Crippen LogP contribution in [0.5, 0.6) is 0 Å². The molecule has 1 N–H and O–H groups in total. The average molecular weight is 159 g/mol. The number of sulfonamides is 1. The van der Waals surface area contributed by atoms with Crippen LogP contribution < -0.4 is 4.72 Å². The summed E-state index contributed by atoms with van der Waals surface area (Å²) in [6.45, 7) is 0.355. The molecule has 2 rings (SSSR count). The fourth-order valence-electron chi connectivity index (χ4n) is 0.927. The quantitative estimate of drug-likeness (QED) is 0.582. The Morgan fingerprint density at radius 2 is 2.40 bits per heavy atom. The molecule has 0 aromatic carbocycles. The summed E-state index contributed by atoms with van der Waals surface area (Å²) < 4.78 is 28.9. The molecule has 0 saturated heterocycles. The lowest BCUT2D eigenvalue weighted by Crippen LogP contribution is -2.13.